The van der Waals surface area contributed by atoms with Crippen molar-refractivity contribution in [3.05, 3.63) is 45.6 Å². The molecule has 0 aliphatic carbocycles. The van der Waals surface area contributed by atoms with E-state index in [-0.39, 0.29) is 5.91 Å². The molecule has 1 amide bonds. The first-order valence-electron chi connectivity index (χ1n) is 7.45. The van der Waals surface area contributed by atoms with Crippen molar-refractivity contribution in [2.24, 2.45) is 0 Å². The zero-order chi connectivity index (χ0) is 17.3. The Morgan fingerprint density at radius 1 is 1.29 bits per heavy atom. The van der Waals surface area contributed by atoms with Gasteiger partial charge in [0.25, 0.3) is 5.91 Å². The summed E-state index contributed by atoms with van der Waals surface area (Å²) in [6.45, 7) is 6.21. The molecule has 1 N–H and O–H groups in total. The van der Waals surface area contributed by atoms with Gasteiger partial charge < -0.3 is 5.32 Å². The van der Waals surface area contributed by atoms with Crippen LogP contribution in [0.25, 0.3) is 16.4 Å². The van der Waals surface area contributed by atoms with E-state index in [9.17, 15) is 4.79 Å². The summed E-state index contributed by atoms with van der Waals surface area (Å²) in [5, 5.41) is 12.6. The maximum absolute atomic E-state index is 12.1. The first kappa shape index (κ1) is 16.6. The minimum atomic E-state index is -0.110. The van der Waals surface area contributed by atoms with Crippen LogP contribution in [0.4, 0.5) is 0 Å². The molecule has 2 aromatic heterocycles. The summed E-state index contributed by atoms with van der Waals surface area (Å²) in [5.41, 5.74) is 3.09. The molecular formula is C16H16ClN5OS. The van der Waals surface area contributed by atoms with Gasteiger partial charge in [0.05, 0.1) is 17.1 Å². The van der Waals surface area contributed by atoms with Crippen LogP contribution in [0.5, 0.6) is 0 Å². The molecule has 0 aliphatic rings. The second kappa shape index (κ2) is 6.70. The first-order valence-corrected chi connectivity index (χ1v) is 8.65. The molecule has 8 heteroatoms. The highest BCUT2D eigenvalue weighted by Gasteiger charge is 2.20. The third kappa shape index (κ3) is 3.05. The highest BCUT2D eigenvalue weighted by atomic mass is 35.5. The third-order valence-corrected chi connectivity index (χ3v) is 4.92. The zero-order valence-electron chi connectivity index (χ0n) is 13.5. The van der Waals surface area contributed by atoms with Crippen molar-refractivity contribution in [1.82, 2.24) is 25.3 Å². The lowest BCUT2D eigenvalue weighted by Gasteiger charge is -2.02. The van der Waals surface area contributed by atoms with Gasteiger partial charge in [-0.2, -0.15) is 0 Å². The molecule has 6 nitrogen and oxygen atoms in total. The minimum Gasteiger partial charge on any atom is -0.352 e. The van der Waals surface area contributed by atoms with Gasteiger partial charge in [-0.25, -0.2) is 9.67 Å². The Bertz CT molecular complexity index is 885. The molecule has 1 aromatic carbocycles. The van der Waals surface area contributed by atoms with E-state index in [1.165, 1.54) is 11.3 Å². The maximum atomic E-state index is 12.1. The lowest BCUT2D eigenvalue weighted by Crippen LogP contribution is -2.22. The van der Waals surface area contributed by atoms with E-state index in [2.05, 4.69) is 20.6 Å². The number of thiazole rings is 1. The van der Waals surface area contributed by atoms with Gasteiger partial charge in [-0.15, -0.1) is 16.4 Å². The Morgan fingerprint density at radius 3 is 2.67 bits per heavy atom. The highest BCUT2D eigenvalue weighted by molar-refractivity contribution is 7.17. The predicted octanol–water partition coefficient (Wildman–Crippen LogP) is 3.41. The summed E-state index contributed by atoms with van der Waals surface area (Å²) in [4.78, 5) is 17.2. The largest absolute Gasteiger partial charge is 0.352 e. The van der Waals surface area contributed by atoms with Gasteiger partial charge in [0.15, 0.2) is 0 Å². The summed E-state index contributed by atoms with van der Waals surface area (Å²) in [6.07, 6.45) is 0. The molecule has 0 unspecified atom stereocenters. The summed E-state index contributed by atoms with van der Waals surface area (Å²) >= 11 is 7.25. The fraction of sp³-hybridized carbons (Fsp3) is 0.250. The van der Waals surface area contributed by atoms with Crippen molar-refractivity contribution in [1.29, 1.82) is 0 Å². The number of rotatable bonds is 4. The molecular weight excluding hydrogens is 346 g/mol. The normalized spacial score (nSPS) is 10.8. The van der Waals surface area contributed by atoms with Crippen LogP contribution >= 0.6 is 22.9 Å². The van der Waals surface area contributed by atoms with E-state index < -0.39 is 0 Å². The Hall–Kier alpha value is -2.25. The first-order chi connectivity index (χ1) is 11.5. The van der Waals surface area contributed by atoms with Crippen molar-refractivity contribution in [3.8, 4) is 16.4 Å². The Kier molecular flexibility index (Phi) is 4.64. The van der Waals surface area contributed by atoms with Gasteiger partial charge in [-0.1, -0.05) is 16.8 Å². The Labute approximate surface area is 148 Å². The van der Waals surface area contributed by atoms with Crippen LogP contribution in [0.2, 0.25) is 5.02 Å². The molecule has 3 aromatic rings. The number of aryl methyl sites for hydroxylation is 1. The van der Waals surface area contributed by atoms with E-state index in [0.717, 1.165) is 11.4 Å². The van der Waals surface area contributed by atoms with E-state index in [1.54, 1.807) is 16.8 Å². The SMILES string of the molecule is CCNC(=O)c1sc(-c2nnn(-c3ccc(Cl)cc3)c2C)nc1C. The molecule has 0 fully saturated rings. The summed E-state index contributed by atoms with van der Waals surface area (Å²) in [7, 11) is 0. The number of hydrogen-bond acceptors (Lipinski definition) is 5. The molecule has 0 spiro atoms. The molecule has 0 atom stereocenters. The molecule has 24 heavy (non-hydrogen) atoms. The number of nitrogens with one attached hydrogen (secondary N) is 1. The lowest BCUT2D eigenvalue weighted by atomic mass is 10.3. The van der Waals surface area contributed by atoms with E-state index in [1.807, 2.05) is 32.9 Å². The van der Waals surface area contributed by atoms with E-state index in [4.69, 9.17) is 11.6 Å². The van der Waals surface area contributed by atoms with Crippen molar-refractivity contribution in [2.45, 2.75) is 20.8 Å². The second-order valence-electron chi connectivity index (χ2n) is 5.20. The molecule has 124 valence electrons. The lowest BCUT2D eigenvalue weighted by molar-refractivity contribution is 0.0959. The molecule has 2 heterocycles. The molecule has 3 rings (SSSR count). The smallest absolute Gasteiger partial charge is 0.263 e. The fourth-order valence-corrected chi connectivity index (χ4v) is 3.45. The number of carbonyl (C=O) groups excluding carboxylic acids is 1. The standard InChI is InChI=1S/C16H16ClN5OS/c1-4-18-15(23)14-9(2)19-16(24-14)13-10(3)22(21-20-13)12-7-5-11(17)6-8-12/h5-8H,4H2,1-3H3,(H,18,23). The van der Waals surface area contributed by atoms with Crippen molar-refractivity contribution < 1.29 is 4.79 Å². The number of hydrogen-bond donors (Lipinski definition) is 1. The van der Waals surface area contributed by atoms with Gasteiger partial charge in [-0.05, 0) is 45.0 Å². The minimum absolute atomic E-state index is 0.110. The highest BCUT2D eigenvalue weighted by Crippen LogP contribution is 2.29. The predicted molar refractivity (Wildman–Crippen MR) is 95.0 cm³/mol. The quantitative estimate of drug-likeness (QED) is 0.772. The van der Waals surface area contributed by atoms with Crippen LogP contribution in [0, 0.1) is 13.8 Å². The number of carbonyl (C=O) groups is 1. The number of benzene rings is 1. The number of halogens is 1. The van der Waals surface area contributed by atoms with Crippen LogP contribution in [-0.4, -0.2) is 32.4 Å². The summed E-state index contributed by atoms with van der Waals surface area (Å²) in [6, 6.07) is 7.36. The van der Waals surface area contributed by atoms with E-state index >= 15 is 0 Å². The number of aromatic nitrogens is 4. The van der Waals surface area contributed by atoms with Gasteiger partial charge in [0.1, 0.15) is 15.6 Å². The van der Waals surface area contributed by atoms with Crippen LogP contribution in [0.1, 0.15) is 28.0 Å². The maximum Gasteiger partial charge on any atom is 0.263 e. The average molecular weight is 362 g/mol. The Balaban J connectivity index is 1.98. The van der Waals surface area contributed by atoms with Gasteiger partial charge in [-0.3, -0.25) is 4.79 Å². The van der Waals surface area contributed by atoms with Gasteiger partial charge in [0.2, 0.25) is 0 Å². The van der Waals surface area contributed by atoms with Gasteiger partial charge in [0, 0.05) is 11.6 Å². The zero-order valence-corrected chi connectivity index (χ0v) is 15.1. The van der Waals surface area contributed by atoms with Crippen LogP contribution in [-0.2, 0) is 0 Å². The van der Waals surface area contributed by atoms with Crippen molar-refractivity contribution in [2.75, 3.05) is 6.54 Å². The Morgan fingerprint density at radius 2 is 2.00 bits per heavy atom. The average Bonchev–Trinajstić information content (AvgIpc) is 3.11. The van der Waals surface area contributed by atoms with Crippen LogP contribution in [0.15, 0.2) is 24.3 Å². The van der Waals surface area contributed by atoms with Crippen molar-refractivity contribution in [3.63, 3.8) is 0 Å². The molecule has 0 aliphatic heterocycles. The molecule has 0 saturated heterocycles. The summed E-state index contributed by atoms with van der Waals surface area (Å²) < 4.78 is 1.73. The molecule has 0 saturated carbocycles. The van der Waals surface area contributed by atoms with Crippen LogP contribution in [0.3, 0.4) is 0 Å². The number of amides is 1. The topological polar surface area (TPSA) is 72.7 Å². The van der Waals surface area contributed by atoms with E-state index in [0.29, 0.717) is 32.8 Å². The molecule has 0 radical (unpaired) electrons. The van der Waals surface area contributed by atoms with Crippen LogP contribution < -0.4 is 5.32 Å². The third-order valence-electron chi connectivity index (χ3n) is 3.51. The van der Waals surface area contributed by atoms with Gasteiger partial charge >= 0.3 is 0 Å². The number of nitrogens with zero attached hydrogens (tertiary/aromatic N) is 4. The van der Waals surface area contributed by atoms with Crippen molar-refractivity contribution >= 4 is 28.8 Å². The molecule has 0 bridgehead atoms. The monoisotopic (exact) mass is 361 g/mol. The fourth-order valence-electron chi connectivity index (χ4n) is 2.30. The second-order valence-corrected chi connectivity index (χ2v) is 6.64. The summed E-state index contributed by atoms with van der Waals surface area (Å²) in [5.74, 6) is -0.110.